The SMILES string of the molecule is CCOC1CC(Nc2ccc(N(C)C)cc2)C1(C)CC. The lowest BCUT2D eigenvalue weighted by Gasteiger charge is -2.54. The molecular weight excluding hydrogens is 248 g/mol. The van der Waals surface area contributed by atoms with E-state index in [1.807, 2.05) is 0 Å². The number of nitrogens with zero attached hydrogens (tertiary/aromatic N) is 1. The molecule has 3 nitrogen and oxygen atoms in total. The van der Waals surface area contributed by atoms with Crippen LogP contribution in [0.5, 0.6) is 0 Å². The molecule has 0 aromatic heterocycles. The largest absolute Gasteiger partial charge is 0.382 e. The third kappa shape index (κ3) is 2.78. The quantitative estimate of drug-likeness (QED) is 0.856. The Morgan fingerprint density at radius 3 is 2.40 bits per heavy atom. The molecule has 1 aliphatic carbocycles. The van der Waals surface area contributed by atoms with E-state index >= 15 is 0 Å². The van der Waals surface area contributed by atoms with Gasteiger partial charge in [0.15, 0.2) is 0 Å². The second kappa shape index (κ2) is 6.04. The molecule has 3 heteroatoms. The van der Waals surface area contributed by atoms with Gasteiger partial charge >= 0.3 is 0 Å². The zero-order valence-corrected chi connectivity index (χ0v) is 13.4. The number of rotatable bonds is 6. The zero-order chi connectivity index (χ0) is 14.8. The molecule has 0 saturated heterocycles. The monoisotopic (exact) mass is 276 g/mol. The van der Waals surface area contributed by atoms with Crippen molar-refractivity contribution in [2.45, 2.75) is 45.8 Å². The fraction of sp³-hybridized carbons (Fsp3) is 0.647. The van der Waals surface area contributed by atoms with E-state index < -0.39 is 0 Å². The van der Waals surface area contributed by atoms with Gasteiger partial charge in [0.25, 0.3) is 0 Å². The Bertz CT molecular complexity index is 429. The molecule has 0 aliphatic heterocycles. The Labute approximate surface area is 123 Å². The lowest BCUT2D eigenvalue weighted by Crippen LogP contribution is -2.59. The molecule has 3 atom stereocenters. The molecule has 0 radical (unpaired) electrons. The van der Waals surface area contributed by atoms with Crippen LogP contribution < -0.4 is 10.2 Å². The van der Waals surface area contributed by atoms with E-state index in [-0.39, 0.29) is 5.41 Å². The average Bonchev–Trinajstić information content (AvgIpc) is 2.45. The van der Waals surface area contributed by atoms with E-state index in [1.165, 1.54) is 11.4 Å². The van der Waals surface area contributed by atoms with Crippen LogP contribution in [-0.2, 0) is 4.74 Å². The van der Waals surface area contributed by atoms with Crippen molar-refractivity contribution in [2.24, 2.45) is 5.41 Å². The number of hydrogen-bond donors (Lipinski definition) is 1. The van der Waals surface area contributed by atoms with Crippen LogP contribution in [0, 0.1) is 5.41 Å². The van der Waals surface area contributed by atoms with Crippen molar-refractivity contribution >= 4 is 11.4 Å². The number of hydrogen-bond acceptors (Lipinski definition) is 3. The lowest BCUT2D eigenvalue weighted by molar-refractivity contribution is -0.109. The first-order valence-electron chi connectivity index (χ1n) is 7.66. The van der Waals surface area contributed by atoms with Crippen LogP contribution in [0.2, 0.25) is 0 Å². The Hall–Kier alpha value is -1.22. The second-order valence-corrected chi connectivity index (χ2v) is 6.18. The molecule has 20 heavy (non-hydrogen) atoms. The van der Waals surface area contributed by atoms with Gasteiger partial charge in [-0.3, -0.25) is 0 Å². The van der Waals surface area contributed by atoms with Crippen LogP contribution in [0.3, 0.4) is 0 Å². The lowest BCUT2D eigenvalue weighted by atomic mass is 9.61. The fourth-order valence-electron chi connectivity index (χ4n) is 3.03. The second-order valence-electron chi connectivity index (χ2n) is 6.18. The van der Waals surface area contributed by atoms with Gasteiger partial charge in [-0.25, -0.2) is 0 Å². The molecule has 2 rings (SSSR count). The predicted molar refractivity (Wildman–Crippen MR) is 86.6 cm³/mol. The minimum absolute atomic E-state index is 0.246. The summed E-state index contributed by atoms with van der Waals surface area (Å²) in [5, 5.41) is 3.68. The first-order chi connectivity index (χ1) is 9.51. The summed E-state index contributed by atoms with van der Waals surface area (Å²) in [4.78, 5) is 2.12. The van der Waals surface area contributed by atoms with Gasteiger partial charge in [-0.15, -0.1) is 0 Å². The molecule has 1 aromatic rings. The minimum atomic E-state index is 0.246. The van der Waals surface area contributed by atoms with Crippen molar-refractivity contribution < 1.29 is 4.74 Å². The summed E-state index contributed by atoms with van der Waals surface area (Å²) in [7, 11) is 4.13. The summed E-state index contributed by atoms with van der Waals surface area (Å²) >= 11 is 0. The number of ether oxygens (including phenoxy) is 1. The van der Waals surface area contributed by atoms with Crippen LogP contribution >= 0.6 is 0 Å². The van der Waals surface area contributed by atoms with Crippen molar-refractivity contribution in [3.05, 3.63) is 24.3 Å². The first kappa shape index (κ1) is 15.2. The van der Waals surface area contributed by atoms with Crippen molar-refractivity contribution in [1.29, 1.82) is 0 Å². The van der Waals surface area contributed by atoms with Crippen LogP contribution in [0.4, 0.5) is 11.4 Å². The third-order valence-electron chi connectivity index (χ3n) is 4.84. The Balaban J connectivity index is 2.00. The average molecular weight is 276 g/mol. The molecule has 1 saturated carbocycles. The van der Waals surface area contributed by atoms with E-state index in [0.29, 0.717) is 12.1 Å². The Morgan fingerprint density at radius 2 is 1.90 bits per heavy atom. The fourth-order valence-corrected chi connectivity index (χ4v) is 3.03. The number of benzene rings is 1. The Kier molecular flexibility index (Phi) is 4.59. The van der Waals surface area contributed by atoms with Crippen LogP contribution in [0.25, 0.3) is 0 Å². The van der Waals surface area contributed by atoms with Gasteiger partial charge in [0.05, 0.1) is 6.10 Å². The molecular formula is C17H28N2O. The van der Waals surface area contributed by atoms with Gasteiger partial charge in [0.2, 0.25) is 0 Å². The van der Waals surface area contributed by atoms with Gasteiger partial charge in [-0.2, -0.15) is 0 Å². The Morgan fingerprint density at radius 1 is 1.25 bits per heavy atom. The van der Waals surface area contributed by atoms with Crippen LogP contribution in [0.1, 0.15) is 33.6 Å². The molecule has 1 aromatic carbocycles. The molecule has 1 fully saturated rings. The predicted octanol–water partition coefficient (Wildman–Crippen LogP) is 3.76. The van der Waals surface area contributed by atoms with E-state index in [4.69, 9.17) is 4.74 Å². The van der Waals surface area contributed by atoms with Crippen LogP contribution in [-0.4, -0.2) is 32.8 Å². The zero-order valence-electron chi connectivity index (χ0n) is 13.4. The first-order valence-corrected chi connectivity index (χ1v) is 7.66. The highest BCUT2D eigenvalue weighted by atomic mass is 16.5. The van der Waals surface area contributed by atoms with E-state index in [9.17, 15) is 0 Å². The maximum Gasteiger partial charge on any atom is 0.0667 e. The molecule has 112 valence electrons. The van der Waals surface area contributed by atoms with Gasteiger partial charge < -0.3 is 15.0 Å². The van der Waals surface area contributed by atoms with Gasteiger partial charge in [0, 0.05) is 43.5 Å². The van der Waals surface area contributed by atoms with Gasteiger partial charge in [0.1, 0.15) is 0 Å². The summed E-state index contributed by atoms with van der Waals surface area (Å²) in [5.74, 6) is 0. The highest BCUT2D eigenvalue weighted by Gasteiger charge is 2.51. The summed E-state index contributed by atoms with van der Waals surface area (Å²) in [6.07, 6.45) is 2.65. The molecule has 0 heterocycles. The van der Waals surface area contributed by atoms with Crippen molar-refractivity contribution in [3.8, 4) is 0 Å². The number of anilines is 2. The highest BCUT2D eigenvalue weighted by molar-refractivity contribution is 5.55. The van der Waals surface area contributed by atoms with Crippen molar-refractivity contribution in [3.63, 3.8) is 0 Å². The molecule has 1 N–H and O–H groups in total. The summed E-state index contributed by atoms with van der Waals surface area (Å²) in [6.45, 7) is 7.49. The molecule has 0 amide bonds. The third-order valence-corrected chi connectivity index (χ3v) is 4.84. The minimum Gasteiger partial charge on any atom is -0.382 e. The summed E-state index contributed by atoms with van der Waals surface area (Å²) in [6, 6.07) is 9.15. The maximum atomic E-state index is 5.86. The molecule has 1 aliphatic rings. The number of nitrogens with one attached hydrogen (secondary N) is 1. The van der Waals surface area contributed by atoms with Crippen molar-refractivity contribution in [2.75, 3.05) is 30.9 Å². The summed E-state index contributed by atoms with van der Waals surface area (Å²) < 4.78 is 5.86. The molecule has 3 unspecified atom stereocenters. The van der Waals surface area contributed by atoms with E-state index in [0.717, 1.165) is 19.4 Å². The van der Waals surface area contributed by atoms with Gasteiger partial charge in [-0.1, -0.05) is 13.8 Å². The molecule has 0 spiro atoms. The normalized spacial score (nSPS) is 28.9. The summed E-state index contributed by atoms with van der Waals surface area (Å²) in [5.41, 5.74) is 2.68. The maximum absolute atomic E-state index is 5.86. The van der Waals surface area contributed by atoms with Crippen LogP contribution in [0.15, 0.2) is 24.3 Å². The molecule has 0 bridgehead atoms. The highest BCUT2D eigenvalue weighted by Crippen LogP contribution is 2.47. The van der Waals surface area contributed by atoms with E-state index in [1.54, 1.807) is 0 Å². The topological polar surface area (TPSA) is 24.5 Å². The van der Waals surface area contributed by atoms with E-state index in [2.05, 4.69) is 69.3 Å². The smallest absolute Gasteiger partial charge is 0.0667 e. The van der Waals surface area contributed by atoms with Gasteiger partial charge in [-0.05, 0) is 44.0 Å². The standard InChI is InChI=1S/C17H28N2O/c1-6-17(3)15(12-16(17)20-7-2)18-13-8-10-14(11-9-13)19(4)5/h8-11,15-16,18H,6-7,12H2,1-5H3. The van der Waals surface area contributed by atoms with Crippen molar-refractivity contribution in [1.82, 2.24) is 0 Å².